The lowest BCUT2D eigenvalue weighted by molar-refractivity contribution is 1.16. The molecule has 0 fully saturated rings. The van der Waals surface area contributed by atoms with Crippen molar-refractivity contribution in [3.05, 3.63) is 231 Å². The van der Waals surface area contributed by atoms with Gasteiger partial charge in [-0.2, -0.15) is 0 Å². The predicted octanol–water partition coefficient (Wildman–Crippen LogP) is 15.7. The molecule has 0 amide bonds. The van der Waals surface area contributed by atoms with Gasteiger partial charge < -0.3 is 18.3 Å². The molecule has 0 aliphatic heterocycles. The van der Waals surface area contributed by atoms with Crippen LogP contribution >= 0.6 is 0 Å². The minimum atomic E-state index is 1.12. The van der Waals surface area contributed by atoms with E-state index < -0.39 is 0 Å². The SMILES string of the molecule is c1cc(-c2ccccc2-n2c3ccccc3c3c(-n4c5ccccc5c5ccccc54)cccc32)cc(-n2c3ccccc3c3c(-n4c5ccccc5c5ccccc54)cccc32)c1. The van der Waals surface area contributed by atoms with E-state index in [2.05, 4.69) is 249 Å². The molecule has 0 saturated carbocycles. The second kappa shape index (κ2) is 13.4. The summed E-state index contributed by atoms with van der Waals surface area (Å²) in [7, 11) is 0. The zero-order chi connectivity index (χ0) is 41.9. The molecule has 4 nitrogen and oxygen atoms in total. The van der Waals surface area contributed by atoms with Gasteiger partial charge in [-0.3, -0.25) is 0 Å². The summed E-state index contributed by atoms with van der Waals surface area (Å²) in [4.78, 5) is 0. The summed E-state index contributed by atoms with van der Waals surface area (Å²) in [5.41, 5.74) is 16.5. The standard InChI is InChI=1S/C60H38N4/c1-8-27-48(62-54-33-14-7-26-47(54)60-57(62)36-17-37-58(60)64-51-30-11-4-23-44(51)45-24-5-12-31-52(45)64)41(20-1)39-18-15-19-40(38-39)61-53-32-13-6-25-46(53)59-55(61)34-16-35-56(59)63-49-28-9-2-21-42(49)43-22-3-10-29-50(43)63/h1-38H. The average Bonchev–Trinajstić information content (AvgIpc) is 4.09. The van der Waals surface area contributed by atoms with E-state index in [0.29, 0.717) is 0 Å². The van der Waals surface area contributed by atoms with Gasteiger partial charge in [0, 0.05) is 54.3 Å². The van der Waals surface area contributed by atoms with Gasteiger partial charge in [-0.25, -0.2) is 0 Å². The van der Waals surface area contributed by atoms with Crippen LogP contribution in [-0.2, 0) is 0 Å². The highest BCUT2D eigenvalue weighted by Gasteiger charge is 2.23. The van der Waals surface area contributed by atoms with Gasteiger partial charge in [0.25, 0.3) is 0 Å². The lowest BCUT2D eigenvalue weighted by Crippen LogP contribution is -1.99. The van der Waals surface area contributed by atoms with Crippen molar-refractivity contribution in [2.24, 2.45) is 0 Å². The smallest absolute Gasteiger partial charge is 0.0562 e. The molecule has 0 aliphatic carbocycles. The van der Waals surface area contributed by atoms with E-state index in [1.54, 1.807) is 0 Å². The molecule has 0 radical (unpaired) electrons. The first-order valence-corrected chi connectivity index (χ1v) is 22.0. The van der Waals surface area contributed by atoms with E-state index in [1.165, 1.54) is 104 Å². The second-order valence-corrected chi connectivity index (χ2v) is 16.9. The van der Waals surface area contributed by atoms with Crippen LogP contribution in [-0.4, -0.2) is 18.3 Å². The van der Waals surface area contributed by atoms with Gasteiger partial charge in [-0.15, -0.1) is 0 Å². The molecule has 4 aromatic heterocycles. The Balaban J connectivity index is 0.986. The summed E-state index contributed by atoms with van der Waals surface area (Å²) in [6, 6.07) is 84.4. The number of hydrogen-bond acceptors (Lipinski definition) is 0. The molecule has 0 N–H and O–H groups in total. The van der Waals surface area contributed by atoms with E-state index >= 15 is 0 Å². The molecule has 64 heavy (non-hydrogen) atoms. The molecular weight excluding hydrogens is 777 g/mol. The Morgan fingerprint density at radius 1 is 0.219 bits per heavy atom. The number of hydrogen-bond donors (Lipinski definition) is 0. The van der Waals surface area contributed by atoms with Crippen LogP contribution in [0.15, 0.2) is 231 Å². The van der Waals surface area contributed by atoms with E-state index in [0.717, 1.165) is 16.9 Å². The van der Waals surface area contributed by atoms with Crippen LogP contribution in [0.4, 0.5) is 0 Å². The molecule has 10 aromatic carbocycles. The Hall–Kier alpha value is -8.60. The van der Waals surface area contributed by atoms with Crippen LogP contribution in [0.25, 0.3) is 121 Å². The minimum Gasteiger partial charge on any atom is -0.309 e. The number of aromatic nitrogens is 4. The van der Waals surface area contributed by atoms with Gasteiger partial charge >= 0.3 is 0 Å². The first kappa shape index (κ1) is 35.0. The molecule has 14 aromatic rings. The van der Waals surface area contributed by atoms with Crippen LogP contribution in [0.5, 0.6) is 0 Å². The highest BCUT2D eigenvalue weighted by Crippen LogP contribution is 2.43. The maximum atomic E-state index is 2.47. The van der Waals surface area contributed by atoms with Gasteiger partial charge in [-0.1, -0.05) is 152 Å². The van der Waals surface area contributed by atoms with Gasteiger partial charge in [-0.05, 0) is 84.4 Å². The molecule has 14 rings (SSSR count). The number of nitrogens with zero attached hydrogens (tertiary/aromatic N) is 4. The van der Waals surface area contributed by atoms with Crippen molar-refractivity contribution in [1.29, 1.82) is 0 Å². The Morgan fingerprint density at radius 2 is 0.547 bits per heavy atom. The zero-order valence-electron chi connectivity index (χ0n) is 34.7. The molecule has 298 valence electrons. The summed E-state index contributed by atoms with van der Waals surface area (Å²) >= 11 is 0. The van der Waals surface area contributed by atoms with Crippen LogP contribution in [0, 0.1) is 0 Å². The molecule has 0 spiro atoms. The van der Waals surface area contributed by atoms with Crippen molar-refractivity contribution >= 4 is 87.2 Å². The fourth-order valence-corrected chi connectivity index (χ4v) is 11.0. The largest absolute Gasteiger partial charge is 0.309 e. The van der Waals surface area contributed by atoms with Crippen molar-refractivity contribution in [3.63, 3.8) is 0 Å². The fraction of sp³-hybridized carbons (Fsp3) is 0. The summed E-state index contributed by atoms with van der Waals surface area (Å²) in [5.74, 6) is 0. The normalized spacial score (nSPS) is 12.1. The third-order valence-corrected chi connectivity index (χ3v) is 13.6. The summed E-state index contributed by atoms with van der Waals surface area (Å²) in [6.07, 6.45) is 0. The summed E-state index contributed by atoms with van der Waals surface area (Å²) in [5, 5.41) is 9.96. The predicted molar refractivity (Wildman–Crippen MR) is 269 cm³/mol. The Bertz CT molecular complexity index is 4100. The molecule has 0 saturated heterocycles. The second-order valence-electron chi connectivity index (χ2n) is 16.9. The molecule has 0 unspecified atom stereocenters. The van der Waals surface area contributed by atoms with Crippen LogP contribution < -0.4 is 0 Å². The Kier molecular flexibility index (Phi) is 7.36. The summed E-state index contributed by atoms with van der Waals surface area (Å²) < 4.78 is 9.83. The maximum absolute atomic E-state index is 2.47. The number of fused-ring (bicyclic) bond motifs is 12. The van der Waals surface area contributed by atoms with Gasteiger partial charge in [0.05, 0.1) is 61.2 Å². The fourth-order valence-electron chi connectivity index (χ4n) is 11.0. The maximum Gasteiger partial charge on any atom is 0.0562 e. The summed E-state index contributed by atoms with van der Waals surface area (Å²) in [6.45, 7) is 0. The van der Waals surface area contributed by atoms with Crippen molar-refractivity contribution in [2.75, 3.05) is 0 Å². The quantitative estimate of drug-likeness (QED) is 0.165. The minimum absolute atomic E-state index is 1.12. The van der Waals surface area contributed by atoms with Gasteiger partial charge in [0.1, 0.15) is 0 Å². The monoisotopic (exact) mass is 814 g/mol. The van der Waals surface area contributed by atoms with Gasteiger partial charge in [0.15, 0.2) is 0 Å². The van der Waals surface area contributed by atoms with Gasteiger partial charge in [0.2, 0.25) is 0 Å². The van der Waals surface area contributed by atoms with Crippen LogP contribution in [0.2, 0.25) is 0 Å². The molecular formula is C60H38N4. The first-order chi connectivity index (χ1) is 31.8. The topological polar surface area (TPSA) is 19.7 Å². The number of para-hydroxylation sites is 7. The third kappa shape index (κ3) is 4.82. The Labute approximate surface area is 368 Å². The van der Waals surface area contributed by atoms with Crippen LogP contribution in [0.1, 0.15) is 0 Å². The van der Waals surface area contributed by atoms with Crippen molar-refractivity contribution < 1.29 is 0 Å². The molecule has 0 aliphatic rings. The molecule has 4 heteroatoms. The lowest BCUT2D eigenvalue weighted by atomic mass is 10.0. The van der Waals surface area contributed by atoms with Crippen LogP contribution in [0.3, 0.4) is 0 Å². The number of benzene rings is 10. The number of rotatable bonds is 5. The average molecular weight is 815 g/mol. The van der Waals surface area contributed by atoms with Crippen molar-refractivity contribution in [1.82, 2.24) is 18.3 Å². The van der Waals surface area contributed by atoms with Crippen molar-refractivity contribution in [2.45, 2.75) is 0 Å². The molecule has 0 atom stereocenters. The van der Waals surface area contributed by atoms with E-state index in [9.17, 15) is 0 Å². The van der Waals surface area contributed by atoms with Crippen molar-refractivity contribution in [3.8, 4) is 33.9 Å². The highest BCUT2D eigenvalue weighted by atomic mass is 15.0. The Morgan fingerprint density at radius 3 is 1.05 bits per heavy atom. The zero-order valence-corrected chi connectivity index (χ0v) is 34.7. The lowest BCUT2D eigenvalue weighted by Gasteiger charge is -2.16. The van der Waals surface area contributed by atoms with E-state index in [1.807, 2.05) is 0 Å². The third-order valence-electron chi connectivity index (χ3n) is 13.6. The molecule has 0 bridgehead atoms. The van der Waals surface area contributed by atoms with E-state index in [4.69, 9.17) is 0 Å². The molecule has 4 heterocycles. The van der Waals surface area contributed by atoms with E-state index in [-0.39, 0.29) is 0 Å². The first-order valence-electron chi connectivity index (χ1n) is 22.0. The highest BCUT2D eigenvalue weighted by molar-refractivity contribution is 6.18.